The van der Waals surface area contributed by atoms with Crippen molar-refractivity contribution in [1.29, 1.82) is 0 Å². The third-order valence-corrected chi connectivity index (χ3v) is 10.4. The van der Waals surface area contributed by atoms with Gasteiger partial charge in [-0.2, -0.15) is 0 Å². The van der Waals surface area contributed by atoms with E-state index in [0.717, 1.165) is 31.2 Å². The van der Waals surface area contributed by atoms with Crippen LogP contribution in [0.3, 0.4) is 0 Å². The zero-order chi connectivity index (χ0) is 42.5. The second kappa shape index (κ2) is 31.5. The first-order chi connectivity index (χ1) is 26.8. The molecule has 7 unspecified atom stereocenters. The normalized spacial score (nSPS) is 18.3. The molecule has 2 fully saturated rings. The van der Waals surface area contributed by atoms with Crippen LogP contribution in [0.4, 0.5) is 0 Å². The molecule has 2 heterocycles. The van der Waals surface area contributed by atoms with Crippen molar-refractivity contribution in [1.82, 2.24) is 30.8 Å². The van der Waals surface area contributed by atoms with Gasteiger partial charge in [-0.25, -0.2) is 5.48 Å². The number of nitrogens with zero attached hydrogens (tertiary/aromatic N) is 3. The van der Waals surface area contributed by atoms with Gasteiger partial charge in [0.1, 0.15) is 0 Å². The standard InChI is InChI=1S/C31H50N4O6.C7H15N.C3H8.CH3NO2/c1-8-21(2)29(34(5)28(38)19-32-20-36)26(40-6)18-27(37)35-16-12-15-25(35)30(41-7)23(4)31(39)33-22(3)17-24-13-10-9-11-14-24;1-2-8-6-4-3-5-7-8;1-3-2;3-1-2-4/h9-11,13-14,20-23,25-26,29-30H,8,12,15-19H2,1-7H3,(H,32,36)(H,33,39);2-7H2,1H3;3H2,1-2H3;1,4H,(H,2,3). The second-order valence-corrected chi connectivity index (χ2v) is 14.7. The van der Waals surface area contributed by atoms with E-state index in [1.165, 1.54) is 50.8 Å². The van der Waals surface area contributed by atoms with Gasteiger partial charge in [0, 0.05) is 33.9 Å². The highest BCUT2D eigenvalue weighted by atomic mass is 16.5. The van der Waals surface area contributed by atoms with E-state index in [-0.39, 0.29) is 61.1 Å². The molecule has 2 aliphatic rings. The fourth-order valence-electron chi connectivity index (χ4n) is 7.25. The molecule has 2 aliphatic heterocycles. The van der Waals surface area contributed by atoms with Gasteiger partial charge in [-0.15, -0.1) is 0 Å². The van der Waals surface area contributed by atoms with Crippen molar-refractivity contribution in [2.24, 2.45) is 11.8 Å². The van der Waals surface area contributed by atoms with Crippen molar-refractivity contribution in [3.63, 3.8) is 0 Å². The molecule has 0 radical (unpaired) electrons. The molecular formula is C42H76N6O8. The molecule has 1 aromatic carbocycles. The van der Waals surface area contributed by atoms with Crippen LogP contribution in [0.5, 0.6) is 0 Å². The lowest BCUT2D eigenvalue weighted by Crippen LogP contribution is -2.54. The summed E-state index contributed by atoms with van der Waals surface area (Å²) in [6.45, 7) is 18.8. The Morgan fingerprint density at radius 1 is 0.929 bits per heavy atom. The van der Waals surface area contributed by atoms with E-state index in [1.54, 1.807) is 26.2 Å². The Balaban J connectivity index is 0.00000168. The summed E-state index contributed by atoms with van der Waals surface area (Å²) in [6, 6.07) is 9.38. The molecule has 5 amide bonds. The van der Waals surface area contributed by atoms with Gasteiger partial charge in [-0.3, -0.25) is 29.2 Å². The van der Waals surface area contributed by atoms with Crippen LogP contribution in [-0.4, -0.2) is 135 Å². The van der Waals surface area contributed by atoms with Crippen LogP contribution in [0.25, 0.3) is 0 Å². The number of hydrogen-bond acceptors (Lipinski definition) is 9. The predicted molar refractivity (Wildman–Crippen MR) is 221 cm³/mol. The summed E-state index contributed by atoms with van der Waals surface area (Å²) in [7, 11) is 4.83. The van der Waals surface area contributed by atoms with Crippen LogP contribution in [-0.2, 0) is 39.9 Å². The Morgan fingerprint density at radius 2 is 1.54 bits per heavy atom. The van der Waals surface area contributed by atoms with E-state index >= 15 is 0 Å². The maximum atomic E-state index is 13.7. The van der Waals surface area contributed by atoms with Crippen molar-refractivity contribution in [3.05, 3.63) is 35.9 Å². The van der Waals surface area contributed by atoms with Crippen LogP contribution in [0, 0.1) is 11.8 Å². The number of piperidine rings is 1. The number of likely N-dealkylation sites (N-methyl/N-ethyl adjacent to an activating group) is 1. The van der Waals surface area contributed by atoms with E-state index < -0.39 is 18.1 Å². The summed E-state index contributed by atoms with van der Waals surface area (Å²) in [6.07, 6.45) is 8.38. The number of hydroxylamine groups is 1. The molecule has 322 valence electrons. The highest BCUT2D eigenvalue weighted by Gasteiger charge is 2.42. The molecule has 0 bridgehead atoms. The van der Waals surface area contributed by atoms with Gasteiger partial charge in [-0.05, 0) is 70.1 Å². The van der Waals surface area contributed by atoms with Gasteiger partial charge < -0.3 is 34.8 Å². The SMILES string of the molecule is CCC.CCC(C)C(C(CC(=O)N1CCCC1C(OC)C(C)C(=O)NC(C)Cc1ccccc1)OC)N(C)C(=O)CNC=O.CCN1CCCCC1.O=CNO. The van der Waals surface area contributed by atoms with Crippen molar-refractivity contribution >= 4 is 30.5 Å². The molecule has 4 N–H and O–H groups in total. The first-order valence-corrected chi connectivity index (χ1v) is 20.5. The monoisotopic (exact) mass is 793 g/mol. The predicted octanol–water partition coefficient (Wildman–Crippen LogP) is 4.43. The Morgan fingerprint density at radius 3 is 2.02 bits per heavy atom. The quantitative estimate of drug-likeness (QED) is 0.0900. The first kappa shape index (κ1) is 52.4. The highest BCUT2D eigenvalue weighted by molar-refractivity contribution is 5.81. The fourth-order valence-corrected chi connectivity index (χ4v) is 7.25. The van der Waals surface area contributed by atoms with Crippen molar-refractivity contribution in [2.45, 2.75) is 137 Å². The van der Waals surface area contributed by atoms with Gasteiger partial charge in [0.25, 0.3) is 0 Å². The summed E-state index contributed by atoms with van der Waals surface area (Å²) < 4.78 is 11.7. The van der Waals surface area contributed by atoms with Crippen LogP contribution in [0.2, 0.25) is 0 Å². The summed E-state index contributed by atoms with van der Waals surface area (Å²) in [5.74, 6) is -0.851. The Hall–Kier alpha value is -3.59. The third kappa shape index (κ3) is 19.5. The zero-order valence-electron chi connectivity index (χ0n) is 36.1. The molecule has 2 saturated heterocycles. The average molecular weight is 793 g/mol. The molecule has 14 heteroatoms. The average Bonchev–Trinajstić information content (AvgIpc) is 3.70. The molecule has 0 saturated carbocycles. The fraction of sp³-hybridized carbons (Fsp3) is 0.738. The zero-order valence-corrected chi connectivity index (χ0v) is 36.1. The van der Waals surface area contributed by atoms with Gasteiger partial charge in [0.2, 0.25) is 30.5 Å². The number of hydrogen-bond donors (Lipinski definition) is 4. The number of nitrogens with one attached hydrogen (secondary N) is 3. The van der Waals surface area contributed by atoms with E-state index in [4.69, 9.17) is 19.5 Å². The number of amides is 5. The van der Waals surface area contributed by atoms with Crippen LogP contribution in [0.15, 0.2) is 30.3 Å². The number of carbonyl (C=O) groups excluding carboxylic acids is 5. The van der Waals surface area contributed by atoms with Crippen molar-refractivity contribution in [3.8, 4) is 0 Å². The van der Waals surface area contributed by atoms with Gasteiger partial charge >= 0.3 is 0 Å². The van der Waals surface area contributed by atoms with E-state index in [9.17, 15) is 19.2 Å². The smallest absolute Gasteiger partial charge is 0.242 e. The van der Waals surface area contributed by atoms with Gasteiger partial charge in [0.05, 0.1) is 43.2 Å². The number of carbonyl (C=O) groups is 5. The van der Waals surface area contributed by atoms with Gasteiger partial charge in [-0.1, -0.05) is 91.1 Å². The van der Waals surface area contributed by atoms with Crippen LogP contribution < -0.4 is 16.1 Å². The minimum absolute atomic E-state index is 0.0486. The molecule has 1 aromatic rings. The number of methoxy groups -OCH3 is 2. The minimum Gasteiger partial charge on any atom is -0.379 e. The maximum Gasteiger partial charge on any atom is 0.242 e. The number of benzene rings is 1. The maximum absolute atomic E-state index is 13.7. The summed E-state index contributed by atoms with van der Waals surface area (Å²) >= 11 is 0. The van der Waals surface area contributed by atoms with Crippen molar-refractivity contribution in [2.75, 3.05) is 54.0 Å². The first-order valence-electron chi connectivity index (χ1n) is 20.5. The summed E-state index contributed by atoms with van der Waals surface area (Å²) in [4.78, 5) is 65.1. The highest BCUT2D eigenvalue weighted by Crippen LogP contribution is 2.29. The van der Waals surface area contributed by atoms with Gasteiger partial charge in [0.15, 0.2) is 0 Å². The largest absolute Gasteiger partial charge is 0.379 e. The van der Waals surface area contributed by atoms with E-state index in [0.29, 0.717) is 13.0 Å². The molecule has 14 nitrogen and oxygen atoms in total. The molecule has 0 aliphatic carbocycles. The molecule has 3 rings (SSSR count). The molecule has 7 atom stereocenters. The Labute approximate surface area is 337 Å². The van der Waals surface area contributed by atoms with E-state index in [1.807, 2.05) is 62.9 Å². The van der Waals surface area contributed by atoms with Crippen molar-refractivity contribution < 1.29 is 38.7 Å². The second-order valence-electron chi connectivity index (χ2n) is 14.7. The van der Waals surface area contributed by atoms with E-state index in [2.05, 4.69) is 36.3 Å². The molecular weight excluding hydrogens is 716 g/mol. The Bertz CT molecular complexity index is 1200. The third-order valence-electron chi connectivity index (χ3n) is 10.4. The number of ether oxygens (including phenoxy) is 2. The lowest BCUT2D eigenvalue weighted by Gasteiger charge is -2.39. The molecule has 0 spiro atoms. The lowest BCUT2D eigenvalue weighted by atomic mass is 9.90. The van der Waals surface area contributed by atoms with Crippen LogP contribution >= 0.6 is 0 Å². The molecule has 56 heavy (non-hydrogen) atoms. The summed E-state index contributed by atoms with van der Waals surface area (Å²) in [5, 5.41) is 12.8. The molecule has 0 aromatic heterocycles. The lowest BCUT2D eigenvalue weighted by molar-refractivity contribution is -0.145. The Kier molecular flexibility index (Phi) is 29.5. The summed E-state index contributed by atoms with van der Waals surface area (Å²) in [5.41, 5.74) is 2.40. The van der Waals surface area contributed by atoms with Crippen LogP contribution in [0.1, 0.15) is 105 Å². The number of likely N-dealkylation sites (tertiary alicyclic amines) is 2. The topological polar surface area (TPSA) is 170 Å². The number of rotatable bonds is 19. The minimum atomic E-state index is -0.538.